The number of aliphatic hydroxyl groups is 1. The highest BCUT2D eigenvalue weighted by Gasteiger charge is 2.72. The highest BCUT2D eigenvalue weighted by atomic mass is 19.4. The molecule has 1 aromatic heterocycles. The van der Waals surface area contributed by atoms with E-state index in [0.29, 0.717) is 6.07 Å². The summed E-state index contributed by atoms with van der Waals surface area (Å²) in [6.45, 7) is 0. The Hall–Kier alpha value is -2.62. The second-order valence-corrected chi connectivity index (χ2v) is 4.79. The molecule has 1 heterocycles. The van der Waals surface area contributed by atoms with Crippen LogP contribution in [-0.4, -0.2) is 27.1 Å². The summed E-state index contributed by atoms with van der Waals surface area (Å²) >= 11 is 0. The van der Waals surface area contributed by atoms with Crippen LogP contribution in [0.5, 0.6) is 0 Å². The van der Waals surface area contributed by atoms with Gasteiger partial charge in [0, 0.05) is 18.5 Å². The summed E-state index contributed by atoms with van der Waals surface area (Å²) < 4.78 is 67.2. The smallest absolute Gasteiger partial charge is 0.374 e. The number of hydrogen-bond donors (Lipinski definition) is 1. The van der Waals surface area contributed by atoms with Crippen molar-refractivity contribution in [1.82, 2.24) is 4.98 Å². The molecule has 1 N–H and O–H groups in total. The number of alkyl halides is 5. The topological polar surface area (TPSA) is 76.3 Å². The standard InChI is InChI=1S/C14H9F5N2O3/c15-13(16,14(17,18)19)12(22,9-5-7-20-8-6-9)10-3-1-2-4-11(10)21(23)24/h1-8,22H. The minimum absolute atomic E-state index is 0.651. The zero-order valence-electron chi connectivity index (χ0n) is 11.7. The number of rotatable bonds is 4. The van der Waals surface area contributed by atoms with E-state index in [1.807, 2.05) is 0 Å². The van der Waals surface area contributed by atoms with Crippen molar-refractivity contribution in [2.75, 3.05) is 0 Å². The first-order valence-electron chi connectivity index (χ1n) is 6.35. The van der Waals surface area contributed by atoms with Crippen LogP contribution in [0.25, 0.3) is 0 Å². The van der Waals surface area contributed by atoms with Crippen LogP contribution in [0.2, 0.25) is 0 Å². The van der Waals surface area contributed by atoms with Crippen molar-refractivity contribution in [2.24, 2.45) is 0 Å². The normalized spacial score (nSPS) is 14.9. The van der Waals surface area contributed by atoms with Gasteiger partial charge in [0.05, 0.1) is 10.5 Å². The Morgan fingerprint density at radius 2 is 1.54 bits per heavy atom. The number of nitro groups is 1. The van der Waals surface area contributed by atoms with E-state index >= 15 is 0 Å². The molecule has 1 atom stereocenters. The van der Waals surface area contributed by atoms with E-state index in [0.717, 1.165) is 42.7 Å². The maximum Gasteiger partial charge on any atom is 0.457 e. The molecule has 2 aromatic rings. The third-order valence-corrected chi connectivity index (χ3v) is 3.40. The first kappa shape index (κ1) is 17.7. The van der Waals surface area contributed by atoms with Gasteiger partial charge in [0.15, 0.2) is 5.60 Å². The van der Waals surface area contributed by atoms with Crippen molar-refractivity contribution in [2.45, 2.75) is 17.7 Å². The molecule has 0 aliphatic heterocycles. The van der Waals surface area contributed by atoms with Crippen molar-refractivity contribution in [3.63, 3.8) is 0 Å². The molecule has 0 bridgehead atoms. The quantitative estimate of drug-likeness (QED) is 0.522. The molecule has 0 amide bonds. The van der Waals surface area contributed by atoms with Gasteiger partial charge in [0.1, 0.15) is 0 Å². The highest BCUT2D eigenvalue weighted by Crippen LogP contribution is 2.53. The molecule has 0 saturated carbocycles. The van der Waals surface area contributed by atoms with Crippen LogP contribution < -0.4 is 0 Å². The summed E-state index contributed by atoms with van der Waals surface area (Å²) in [5, 5.41) is 21.5. The Morgan fingerprint density at radius 1 is 1.00 bits per heavy atom. The maximum absolute atomic E-state index is 14.2. The van der Waals surface area contributed by atoms with Crippen LogP contribution in [0, 0.1) is 10.1 Å². The molecule has 1 aromatic carbocycles. The molecule has 24 heavy (non-hydrogen) atoms. The summed E-state index contributed by atoms with van der Waals surface area (Å²) in [7, 11) is 0. The fourth-order valence-electron chi connectivity index (χ4n) is 2.24. The van der Waals surface area contributed by atoms with Gasteiger partial charge < -0.3 is 5.11 Å². The number of nitrogens with zero attached hydrogens (tertiary/aromatic N) is 2. The summed E-state index contributed by atoms with van der Waals surface area (Å²) in [5.41, 5.74) is -7.13. The van der Waals surface area contributed by atoms with E-state index in [2.05, 4.69) is 4.98 Å². The van der Waals surface area contributed by atoms with Gasteiger partial charge in [-0.1, -0.05) is 12.1 Å². The molecular formula is C14H9F5N2O3. The first-order valence-corrected chi connectivity index (χ1v) is 6.35. The summed E-state index contributed by atoms with van der Waals surface area (Å²) in [4.78, 5) is 13.4. The Bertz CT molecular complexity index is 752. The van der Waals surface area contributed by atoms with Crippen LogP contribution >= 0.6 is 0 Å². The zero-order valence-corrected chi connectivity index (χ0v) is 11.7. The van der Waals surface area contributed by atoms with Crippen LogP contribution in [0.4, 0.5) is 27.6 Å². The van der Waals surface area contributed by atoms with Gasteiger partial charge in [0.25, 0.3) is 5.69 Å². The Labute approximate surface area is 131 Å². The van der Waals surface area contributed by atoms with Crippen LogP contribution in [-0.2, 0) is 5.60 Å². The monoisotopic (exact) mass is 348 g/mol. The lowest BCUT2D eigenvalue weighted by Gasteiger charge is -2.37. The van der Waals surface area contributed by atoms with E-state index < -0.39 is 39.4 Å². The predicted octanol–water partition coefficient (Wildman–Crippen LogP) is 3.42. The van der Waals surface area contributed by atoms with Gasteiger partial charge in [-0.3, -0.25) is 15.1 Å². The highest BCUT2D eigenvalue weighted by molar-refractivity contribution is 5.50. The minimum atomic E-state index is -6.16. The van der Waals surface area contributed by atoms with E-state index in [9.17, 15) is 37.2 Å². The Balaban J connectivity index is 2.87. The average molecular weight is 348 g/mol. The van der Waals surface area contributed by atoms with Gasteiger partial charge in [-0.25, -0.2) is 0 Å². The molecule has 0 fully saturated rings. The Morgan fingerprint density at radius 3 is 2.04 bits per heavy atom. The first-order chi connectivity index (χ1) is 11.0. The second kappa shape index (κ2) is 5.78. The van der Waals surface area contributed by atoms with Gasteiger partial charge in [-0.2, -0.15) is 22.0 Å². The molecule has 0 spiro atoms. The van der Waals surface area contributed by atoms with E-state index in [1.165, 1.54) is 0 Å². The van der Waals surface area contributed by atoms with Crippen LogP contribution in [0.3, 0.4) is 0 Å². The van der Waals surface area contributed by atoms with Crippen molar-refractivity contribution in [3.8, 4) is 0 Å². The van der Waals surface area contributed by atoms with Crippen molar-refractivity contribution in [3.05, 3.63) is 70.0 Å². The lowest BCUT2D eigenvalue weighted by atomic mass is 9.80. The number of para-hydroxylation sites is 1. The Kier molecular flexibility index (Phi) is 4.27. The van der Waals surface area contributed by atoms with Crippen molar-refractivity contribution >= 4 is 5.69 Å². The fourth-order valence-corrected chi connectivity index (χ4v) is 2.24. The van der Waals surface area contributed by atoms with Gasteiger partial charge in [-0.05, 0) is 23.8 Å². The number of aromatic nitrogens is 1. The third kappa shape index (κ3) is 2.58. The SMILES string of the molecule is O=[N+]([O-])c1ccccc1C(O)(c1ccncc1)C(F)(F)C(F)(F)F. The summed E-state index contributed by atoms with van der Waals surface area (Å²) in [6.07, 6.45) is -4.38. The number of nitro benzene ring substituents is 1. The summed E-state index contributed by atoms with van der Waals surface area (Å²) in [5.74, 6) is -5.70. The molecule has 1 unspecified atom stereocenters. The van der Waals surface area contributed by atoms with Crippen LogP contribution in [0.15, 0.2) is 48.8 Å². The predicted molar refractivity (Wildman–Crippen MR) is 71.3 cm³/mol. The average Bonchev–Trinajstić information content (AvgIpc) is 2.53. The molecule has 0 aliphatic carbocycles. The largest absolute Gasteiger partial charge is 0.457 e. The molecule has 2 rings (SSSR count). The van der Waals surface area contributed by atoms with Crippen molar-refractivity contribution in [1.29, 1.82) is 0 Å². The van der Waals surface area contributed by atoms with Gasteiger partial charge in [0.2, 0.25) is 0 Å². The molecular weight excluding hydrogens is 339 g/mol. The molecule has 0 saturated heterocycles. The maximum atomic E-state index is 14.2. The summed E-state index contributed by atoms with van der Waals surface area (Å²) in [6, 6.07) is 4.94. The van der Waals surface area contributed by atoms with Gasteiger partial charge in [-0.15, -0.1) is 0 Å². The van der Waals surface area contributed by atoms with E-state index in [4.69, 9.17) is 0 Å². The molecule has 0 radical (unpaired) electrons. The number of hydrogen-bond acceptors (Lipinski definition) is 4. The molecule has 0 aliphatic rings. The lowest BCUT2D eigenvalue weighted by molar-refractivity contribution is -0.389. The molecule has 10 heteroatoms. The van der Waals surface area contributed by atoms with E-state index in [1.54, 1.807) is 0 Å². The lowest BCUT2D eigenvalue weighted by Crippen LogP contribution is -2.55. The zero-order chi connectivity index (χ0) is 18.2. The molecule has 128 valence electrons. The van der Waals surface area contributed by atoms with E-state index in [-0.39, 0.29) is 0 Å². The fraction of sp³-hybridized carbons (Fsp3) is 0.214. The van der Waals surface area contributed by atoms with Crippen LogP contribution in [0.1, 0.15) is 11.1 Å². The third-order valence-electron chi connectivity index (χ3n) is 3.40. The van der Waals surface area contributed by atoms with Crippen molar-refractivity contribution < 1.29 is 32.0 Å². The second-order valence-electron chi connectivity index (χ2n) is 4.79. The number of pyridine rings is 1. The molecule has 5 nitrogen and oxygen atoms in total. The van der Waals surface area contributed by atoms with Gasteiger partial charge >= 0.3 is 12.1 Å². The minimum Gasteiger partial charge on any atom is -0.374 e. The number of benzene rings is 1. The number of halogens is 5.